The second-order valence-corrected chi connectivity index (χ2v) is 38.0. The van der Waals surface area contributed by atoms with Gasteiger partial charge in [-0.25, -0.2) is 53.9 Å². The van der Waals surface area contributed by atoms with Gasteiger partial charge in [-0.15, -0.1) is 19.0 Å². The van der Waals surface area contributed by atoms with Gasteiger partial charge in [0.1, 0.15) is 77.0 Å². The molecule has 0 unspecified atom stereocenters. The molecule has 5 aliphatic carbocycles. The summed E-state index contributed by atoms with van der Waals surface area (Å²) < 4.78 is 71.2. The van der Waals surface area contributed by atoms with Crippen LogP contribution < -0.4 is 33.7 Å². The number of esters is 5. The van der Waals surface area contributed by atoms with Crippen LogP contribution >= 0.6 is 47.2 Å². The minimum atomic E-state index is -0.870. The topological polar surface area (TPSA) is 376 Å². The number of hydrogen-bond acceptors (Lipinski definition) is 29. The van der Waals surface area contributed by atoms with E-state index < -0.39 is 101 Å². The molecule has 0 spiro atoms. The number of fused-ring (bicyclic) bond motifs is 3. The average molecular weight is 1920 g/mol. The number of aliphatic hydroxyl groups excluding tert-OH is 1. The van der Waals surface area contributed by atoms with Gasteiger partial charge in [0.2, 0.25) is 5.91 Å². The van der Waals surface area contributed by atoms with Crippen LogP contribution in [0.4, 0.5) is 9.59 Å². The van der Waals surface area contributed by atoms with Crippen LogP contribution in [0, 0.1) is 64.6 Å². The molecule has 15 rings (SSSR count). The predicted octanol–water partition coefficient (Wildman–Crippen LogP) is 13.4. The quantitative estimate of drug-likeness (QED) is 0.0167. The number of ether oxygens (including phenoxy) is 13. The number of β-amino-alcohol motifs (C(OH)–C–C–N with tert-alkyl or cyclic N) is 1. The molecule has 9 fully saturated rings. The van der Waals surface area contributed by atoms with Crippen molar-refractivity contribution in [3.05, 3.63) is 82.7 Å². The van der Waals surface area contributed by atoms with Gasteiger partial charge in [-0.3, -0.25) is 24.2 Å². The van der Waals surface area contributed by atoms with Crippen LogP contribution in [0.25, 0.3) is 33.1 Å². The van der Waals surface area contributed by atoms with E-state index in [2.05, 4.69) is 41.8 Å². The Morgan fingerprint density at radius 1 is 0.526 bits per heavy atom. The molecule has 7 heterocycles. The van der Waals surface area contributed by atoms with E-state index >= 15 is 0 Å². The minimum absolute atomic E-state index is 0. The van der Waals surface area contributed by atoms with Crippen LogP contribution in [0.2, 0.25) is 15.5 Å². The van der Waals surface area contributed by atoms with E-state index in [0.29, 0.717) is 74.6 Å². The molecular formula is C92H128B5Cl4N10O22. The molecule has 5 saturated carbocycles. The molecule has 2 N–H and O–H groups in total. The maximum Gasteiger partial charge on any atom is 0.411 e. The molecule has 9 aliphatic rings. The van der Waals surface area contributed by atoms with Crippen molar-refractivity contribution >= 4 is 165 Å². The van der Waals surface area contributed by atoms with E-state index in [0.717, 1.165) is 77.0 Å². The lowest BCUT2D eigenvalue weighted by Gasteiger charge is -2.34. The Morgan fingerprint density at radius 2 is 0.887 bits per heavy atom. The van der Waals surface area contributed by atoms with Crippen LogP contribution in [0.1, 0.15) is 168 Å². The number of halogens is 4. The zero-order valence-electron chi connectivity index (χ0n) is 76.4. The molecule has 41 heteroatoms. The number of carbonyl (C=O) groups excluding carboxylic acids is 8. The molecule has 3 aromatic carbocycles. The molecule has 32 nitrogen and oxygen atoms in total. The SMILES string of the molecule is C.C.C.C=CCCC[C@@H]1C[C@H]1OC(=O)C[C@H](C(=O)N1C[C@H](Oc2nc3cc(OC)ccc3nc2Cl)[C@@H](C2CC2)[C@H]1C(=O)OC)C(C)(C)C.COC(=O)[C@@H]1[C@H](C2CC2)[C@@H](O)CN1C(=O)OC(C)(C)C.COC(=O)[C@@H]1[C@H](C2CC2)[C@@H](Oc2nc3cc(OC)ccc3nc2Cl)CN1C(=O)OC(C)(C)C.COC(=O)[C@H]1NC[C@H](Oc2nc3cc(OC)ccc3nc2Cl)[C@H]1C1CC1.Cl.[B][B]B([B])[B]. The number of benzene rings is 3. The van der Waals surface area contributed by atoms with Crippen molar-refractivity contribution in [1.29, 1.82) is 0 Å². The predicted molar refractivity (Wildman–Crippen MR) is 512 cm³/mol. The van der Waals surface area contributed by atoms with E-state index in [1.165, 1.54) is 45.3 Å². The van der Waals surface area contributed by atoms with E-state index in [9.17, 15) is 43.5 Å². The summed E-state index contributed by atoms with van der Waals surface area (Å²) in [5, 5.41) is 13.8. The monoisotopic (exact) mass is 1920 g/mol. The number of methoxy groups -OCH3 is 7. The highest BCUT2D eigenvalue weighted by molar-refractivity contribution is 7.60. The molecular weight excluding hydrogens is 1790 g/mol. The molecule has 3 aromatic heterocycles. The highest BCUT2D eigenvalue weighted by Crippen LogP contribution is 2.51. The first-order valence-corrected chi connectivity index (χ1v) is 44.7. The van der Waals surface area contributed by atoms with Gasteiger partial charge in [-0.05, 0) is 190 Å². The van der Waals surface area contributed by atoms with Crippen molar-refractivity contribution in [3.63, 3.8) is 0 Å². The molecule has 7 radical (unpaired) electrons. The van der Waals surface area contributed by atoms with Gasteiger partial charge in [0, 0.05) is 85.1 Å². The highest BCUT2D eigenvalue weighted by Gasteiger charge is 2.60. The molecule has 4 saturated heterocycles. The zero-order valence-corrected chi connectivity index (χ0v) is 79.5. The van der Waals surface area contributed by atoms with Gasteiger partial charge in [0.15, 0.2) is 15.5 Å². The molecule has 6 aromatic rings. The maximum absolute atomic E-state index is 14.4. The van der Waals surface area contributed by atoms with Crippen molar-refractivity contribution in [3.8, 4) is 34.9 Å². The van der Waals surface area contributed by atoms with Crippen LogP contribution in [-0.4, -0.2) is 276 Å². The number of hydrogen-bond donors (Lipinski definition) is 2. The average Bonchev–Trinajstić information content (AvgIpc) is 1.60. The number of nitrogens with zero attached hydrogens (tertiary/aromatic N) is 9. The third-order valence-electron chi connectivity index (χ3n) is 24.1. The molecule has 133 heavy (non-hydrogen) atoms. The Bertz CT molecular complexity index is 5010. The summed E-state index contributed by atoms with van der Waals surface area (Å²) in [6.07, 6.45) is 9.71. The number of allylic oxidation sites excluding steroid dienone is 1. The number of likely N-dealkylation sites (tertiary alicyclic amines) is 3. The number of aliphatic hydroxyl groups is 1. The first-order chi connectivity index (χ1) is 61.2. The summed E-state index contributed by atoms with van der Waals surface area (Å²) in [4.78, 5) is 134. The summed E-state index contributed by atoms with van der Waals surface area (Å²) in [6.45, 7) is 21.1. The van der Waals surface area contributed by atoms with E-state index in [1.54, 1.807) is 122 Å². The molecule has 0 bridgehead atoms. The largest absolute Gasteiger partial charge is 0.497 e. The van der Waals surface area contributed by atoms with E-state index in [1.807, 2.05) is 26.8 Å². The Morgan fingerprint density at radius 3 is 1.25 bits per heavy atom. The molecule has 3 amide bonds. The summed E-state index contributed by atoms with van der Waals surface area (Å²) in [5.41, 5.74) is 1.65. The number of rotatable bonds is 26. The van der Waals surface area contributed by atoms with E-state index in [-0.39, 0.29) is 159 Å². The smallest absolute Gasteiger partial charge is 0.411 e. The minimum Gasteiger partial charge on any atom is -0.497 e. The summed E-state index contributed by atoms with van der Waals surface area (Å²) in [7, 11) is 25.9. The van der Waals surface area contributed by atoms with E-state index in [4.69, 9.17) is 120 Å². The van der Waals surface area contributed by atoms with Crippen molar-refractivity contribution < 1.29 is 105 Å². The van der Waals surface area contributed by atoms with Crippen LogP contribution in [-0.2, 0) is 61.9 Å². The fraction of sp³-hybridized carbons (Fsp3) is 0.630. The zero-order chi connectivity index (χ0) is 94.0. The van der Waals surface area contributed by atoms with Crippen molar-refractivity contribution in [1.82, 2.24) is 49.9 Å². The standard InChI is InChI=1S/C34H44ClN3O7.C23H28ClN3O6.C18H20ClN3O4.C14H23NO5.3CH4.B5.ClH/c1-7-8-9-10-20-15-25(20)44-27(39)17-22(34(2,3)4)32(40)38-18-26(28(19-11-12-19)29(38)33(41)43-6)45-31-30(35)36-23-14-13-21(42-5)16-24(23)37-31;1-23(2,3)33-22(29)27-11-16(17(12-6-7-12)18(27)21(28)31-5)32-20-19(24)25-14-9-8-13(30-4)10-15(14)26-20;1-24-10-5-6-11-12(7-10)22-17(16(19)21-11)26-13-8-20-15(18(23)25-2)14(13)9-3-4-9;1-14(2,3)20-13(18)15-7-9(16)10(8-5-6-8)11(15)12(17)19-4;;;;1-4-5(2)3;/h7,13-14,16,19-20,22,25-26,28-29H,1,8-12,15,17-18H2,2-6H3;8-10,12,16-18H,6-7,11H2,1-5H3;5-7,9,13-15,20H,3-4,8H2,1-2H3;8-11,16H,5-7H2,1-4H3;3*1H4;;1H/t20-,22-,25-,26+,28-,29+;16-,17+,18-;13-,14+,15-;9-,10+,11-;;;;;/m1000...../s1. The van der Waals surface area contributed by atoms with Crippen molar-refractivity contribution in [2.75, 3.05) is 75.9 Å². The van der Waals surface area contributed by atoms with Gasteiger partial charge < -0.3 is 76.9 Å². The van der Waals surface area contributed by atoms with Crippen LogP contribution in [0.3, 0.4) is 0 Å². The van der Waals surface area contributed by atoms with Crippen LogP contribution in [0.5, 0.6) is 34.9 Å². The molecule has 721 valence electrons. The lowest BCUT2D eigenvalue weighted by Crippen LogP contribution is -2.49. The normalized spacial score (nSPS) is 23.9. The summed E-state index contributed by atoms with van der Waals surface area (Å²) >= 11 is 19.2. The Hall–Kier alpha value is -9.02. The Labute approximate surface area is 807 Å². The number of aromatic nitrogens is 6. The maximum atomic E-state index is 14.4. The van der Waals surface area contributed by atoms with Gasteiger partial charge in [-0.1, -0.05) is 83.9 Å². The lowest BCUT2D eigenvalue weighted by molar-refractivity contribution is -0.158. The highest BCUT2D eigenvalue weighted by atomic mass is 35.5. The summed E-state index contributed by atoms with van der Waals surface area (Å²) in [6, 6.07) is 13.2. The first-order valence-electron chi connectivity index (χ1n) is 43.6. The number of unbranched alkanes of at least 4 members (excludes halogenated alkanes) is 1. The number of amides is 3. The molecule has 15 atom stereocenters. The van der Waals surface area contributed by atoms with Gasteiger partial charge in [0.25, 0.3) is 17.6 Å². The summed E-state index contributed by atoms with van der Waals surface area (Å²) in [5.74, 6) is -0.0182. The Balaban J connectivity index is 0.000000244. The fourth-order valence-corrected chi connectivity index (χ4v) is 17.7. The lowest BCUT2D eigenvalue weighted by atomic mass is 8.97. The molecule has 4 aliphatic heterocycles. The van der Waals surface area contributed by atoms with Crippen molar-refractivity contribution in [2.24, 2.45) is 64.6 Å². The second kappa shape index (κ2) is 48.1. The second-order valence-electron chi connectivity index (χ2n) is 36.9. The fourth-order valence-electron chi connectivity index (χ4n) is 17.2. The third-order valence-corrected chi connectivity index (χ3v) is 24.9. The van der Waals surface area contributed by atoms with Crippen LogP contribution in [0.15, 0.2) is 67.3 Å². The Kier molecular flexibility index (Phi) is 40.2. The van der Waals surface area contributed by atoms with Gasteiger partial charge in [0.05, 0.1) is 121 Å². The first kappa shape index (κ1) is 111. The van der Waals surface area contributed by atoms with Gasteiger partial charge >= 0.3 is 42.0 Å². The van der Waals surface area contributed by atoms with Gasteiger partial charge in [-0.2, -0.15) is 0 Å². The third kappa shape index (κ3) is 28.8. The number of carbonyl (C=O) groups is 8. The van der Waals surface area contributed by atoms with Crippen molar-refractivity contribution in [2.45, 2.75) is 234 Å². The number of nitrogens with one attached hydrogen (secondary N) is 1.